The highest BCUT2D eigenvalue weighted by Crippen LogP contribution is 2.28. The van der Waals surface area contributed by atoms with Gasteiger partial charge in [0, 0.05) is 31.3 Å². The number of benzene rings is 2. The molecule has 0 saturated carbocycles. The largest absolute Gasteiger partial charge is 0.487 e. The molecule has 8 nitrogen and oxygen atoms in total. The van der Waals surface area contributed by atoms with E-state index in [1.165, 1.54) is 13.3 Å². The number of aromatic nitrogens is 3. The molecule has 2 N–H and O–H groups in total. The van der Waals surface area contributed by atoms with Crippen LogP contribution in [0.2, 0.25) is 5.02 Å². The molecule has 1 amide bonds. The molecule has 4 rings (SSSR count). The third-order valence-corrected chi connectivity index (χ3v) is 5.32. The van der Waals surface area contributed by atoms with Gasteiger partial charge in [-0.1, -0.05) is 29.8 Å². The van der Waals surface area contributed by atoms with E-state index in [9.17, 15) is 4.79 Å². The molecule has 31 heavy (non-hydrogen) atoms. The maximum atomic E-state index is 11.4. The van der Waals surface area contributed by atoms with Crippen LogP contribution in [0.1, 0.15) is 18.9 Å². The average Bonchev–Trinajstić information content (AvgIpc) is 3.21. The highest BCUT2D eigenvalue weighted by atomic mass is 35.5. The monoisotopic (exact) mass is 438 g/mol. The van der Waals surface area contributed by atoms with Crippen molar-refractivity contribution in [3.8, 4) is 5.75 Å². The van der Waals surface area contributed by atoms with Crippen LogP contribution in [0.25, 0.3) is 0 Å². The number of nitrogens with zero attached hydrogens (tertiary/aromatic N) is 4. The van der Waals surface area contributed by atoms with E-state index < -0.39 is 0 Å². The molecule has 1 saturated heterocycles. The molecule has 0 unspecified atom stereocenters. The van der Waals surface area contributed by atoms with Crippen molar-refractivity contribution < 1.29 is 9.53 Å². The first-order valence-corrected chi connectivity index (χ1v) is 10.4. The van der Waals surface area contributed by atoms with Gasteiger partial charge in [-0.25, -0.2) is 9.97 Å². The predicted molar refractivity (Wildman–Crippen MR) is 121 cm³/mol. The minimum absolute atomic E-state index is 0.00431. The molecule has 0 spiro atoms. The van der Waals surface area contributed by atoms with Gasteiger partial charge in [-0.3, -0.25) is 4.79 Å². The van der Waals surface area contributed by atoms with Crippen LogP contribution >= 0.6 is 11.6 Å². The molecule has 1 atom stereocenters. The second-order valence-electron chi connectivity index (χ2n) is 7.30. The smallest absolute Gasteiger partial charge is 0.232 e. The highest BCUT2D eigenvalue weighted by molar-refractivity contribution is 6.32. The van der Waals surface area contributed by atoms with Crippen molar-refractivity contribution in [2.75, 3.05) is 28.6 Å². The topological polar surface area (TPSA) is 92.3 Å². The van der Waals surface area contributed by atoms with E-state index in [0.717, 1.165) is 29.9 Å². The zero-order valence-electron chi connectivity index (χ0n) is 17.3. The molecule has 0 bridgehead atoms. The number of rotatable bonds is 6. The molecule has 1 aliphatic rings. The van der Waals surface area contributed by atoms with E-state index in [2.05, 4.69) is 30.5 Å². The lowest BCUT2D eigenvalue weighted by Gasteiger charge is -2.18. The lowest BCUT2D eigenvalue weighted by Crippen LogP contribution is -2.26. The van der Waals surface area contributed by atoms with E-state index in [1.54, 1.807) is 0 Å². The number of halogens is 1. The van der Waals surface area contributed by atoms with Crippen molar-refractivity contribution in [3.05, 3.63) is 59.4 Å². The lowest BCUT2D eigenvalue weighted by atomic mass is 10.1. The summed E-state index contributed by atoms with van der Waals surface area (Å²) in [7, 11) is 0. The Hall–Kier alpha value is -3.39. The van der Waals surface area contributed by atoms with Gasteiger partial charge in [-0.05, 0) is 36.8 Å². The van der Waals surface area contributed by atoms with Crippen LogP contribution in [0.15, 0.2) is 48.8 Å². The summed E-state index contributed by atoms with van der Waals surface area (Å²) in [5.74, 6) is 1.58. The lowest BCUT2D eigenvalue weighted by molar-refractivity contribution is -0.114. The third-order valence-electron chi connectivity index (χ3n) is 5.01. The molecule has 9 heteroatoms. The zero-order valence-corrected chi connectivity index (χ0v) is 18.1. The van der Waals surface area contributed by atoms with Crippen molar-refractivity contribution in [2.24, 2.45) is 0 Å². The van der Waals surface area contributed by atoms with Crippen LogP contribution in [0, 0.1) is 6.92 Å². The summed E-state index contributed by atoms with van der Waals surface area (Å²) < 4.78 is 6.05. The third kappa shape index (κ3) is 5.03. The van der Waals surface area contributed by atoms with Gasteiger partial charge >= 0.3 is 0 Å². The summed E-state index contributed by atoms with van der Waals surface area (Å²) in [5, 5.41) is 6.64. The Bertz CT molecular complexity index is 1090. The fourth-order valence-electron chi connectivity index (χ4n) is 3.44. The summed E-state index contributed by atoms with van der Waals surface area (Å²) in [6.45, 7) is 4.84. The van der Waals surface area contributed by atoms with Gasteiger partial charge in [-0.15, -0.1) is 0 Å². The molecule has 2 aromatic carbocycles. The minimum Gasteiger partial charge on any atom is -0.487 e. The number of hydrogen-bond donors (Lipinski definition) is 2. The van der Waals surface area contributed by atoms with Gasteiger partial charge < -0.3 is 20.3 Å². The molecular weight excluding hydrogens is 416 g/mol. The Labute approximate surface area is 185 Å². The summed E-state index contributed by atoms with van der Waals surface area (Å²) in [6.07, 6.45) is 2.34. The van der Waals surface area contributed by atoms with Crippen molar-refractivity contribution >= 4 is 40.8 Å². The van der Waals surface area contributed by atoms with Gasteiger partial charge in [0.1, 0.15) is 18.2 Å². The minimum atomic E-state index is -0.120. The molecule has 0 radical (unpaired) electrons. The Balaban J connectivity index is 1.45. The van der Waals surface area contributed by atoms with E-state index >= 15 is 0 Å². The maximum absolute atomic E-state index is 11.4. The average molecular weight is 439 g/mol. The summed E-state index contributed by atoms with van der Waals surface area (Å²) in [5.41, 5.74) is 2.45. The zero-order chi connectivity index (χ0) is 21.8. The predicted octanol–water partition coefficient (Wildman–Crippen LogP) is 4.19. The molecule has 3 aromatic rings. The Morgan fingerprint density at radius 1 is 1.16 bits per heavy atom. The van der Waals surface area contributed by atoms with Crippen LogP contribution in [-0.2, 0) is 4.79 Å². The first-order valence-electron chi connectivity index (χ1n) is 9.99. The second-order valence-corrected chi connectivity index (χ2v) is 7.71. The summed E-state index contributed by atoms with van der Waals surface area (Å²) >= 11 is 6.20. The first kappa shape index (κ1) is 20.9. The molecule has 0 aliphatic carbocycles. The Morgan fingerprint density at radius 2 is 1.97 bits per heavy atom. The fraction of sp³-hybridized carbons (Fsp3) is 0.273. The SMILES string of the molecule is CC(=O)Nc1cccc(Nc2ncnc(N3CC[C@H](Oc4ccccc4Cl)C3)n2)c1C. The van der Waals surface area contributed by atoms with Crippen molar-refractivity contribution in [1.82, 2.24) is 15.0 Å². The number of hydrogen-bond acceptors (Lipinski definition) is 7. The number of para-hydroxylation sites is 1. The quantitative estimate of drug-likeness (QED) is 0.596. The van der Waals surface area contributed by atoms with Gasteiger partial charge in [0.05, 0.1) is 11.6 Å². The number of nitrogens with one attached hydrogen (secondary N) is 2. The van der Waals surface area contributed by atoms with Gasteiger partial charge in [0.15, 0.2) is 0 Å². The van der Waals surface area contributed by atoms with Crippen LogP contribution in [0.3, 0.4) is 0 Å². The van der Waals surface area contributed by atoms with Crippen LogP contribution in [0.5, 0.6) is 5.75 Å². The molecule has 1 fully saturated rings. The number of carbonyl (C=O) groups is 1. The van der Waals surface area contributed by atoms with Crippen LogP contribution in [-0.4, -0.2) is 40.1 Å². The number of ether oxygens (including phenoxy) is 1. The van der Waals surface area contributed by atoms with Crippen molar-refractivity contribution in [2.45, 2.75) is 26.4 Å². The molecular formula is C22H23ClN6O2. The summed E-state index contributed by atoms with van der Waals surface area (Å²) in [4.78, 5) is 26.6. The first-order chi connectivity index (χ1) is 15.0. The van der Waals surface area contributed by atoms with Crippen molar-refractivity contribution in [1.29, 1.82) is 0 Å². The molecule has 1 aromatic heterocycles. The van der Waals surface area contributed by atoms with Gasteiger partial charge in [-0.2, -0.15) is 4.98 Å². The maximum Gasteiger partial charge on any atom is 0.232 e. The second kappa shape index (κ2) is 9.18. The van der Waals surface area contributed by atoms with E-state index in [0.29, 0.717) is 29.2 Å². The molecule has 160 valence electrons. The molecule has 2 heterocycles. The fourth-order valence-corrected chi connectivity index (χ4v) is 3.62. The van der Waals surface area contributed by atoms with Gasteiger partial charge in [0.25, 0.3) is 0 Å². The number of amides is 1. The number of anilines is 4. The Morgan fingerprint density at radius 3 is 2.77 bits per heavy atom. The van der Waals surface area contributed by atoms with E-state index in [4.69, 9.17) is 16.3 Å². The number of carbonyl (C=O) groups excluding carboxylic acids is 1. The van der Waals surface area contributed by atoms with E-state index in [1.807, 2.05) is 49.4 Å². The standard InChI is InChI=1S/C22H23ClN6O2/c1-14-18(26-15(2)30)7-5-8-19(14)27-21-24-13-25-22(28-21)29-11-10-16(12-29)31-20-9-4-3-6-17(20)23/h3-9,13,16H,10-12H2,1-2H3,(H,26,30)(H,24,25,27,28)/t16-/m0/s1. The molecule has 1 aliphatic heterocycles. The Kier molecular flexibility index (Phi) is 6.18. The summed E-state index contributed by atoms with van der Waals surface area (Å²) in [6, 6.07) is 13.1. The normalized spacial score (nSPS) is 15.6. The van der Waals surface area contributed by atoms with Crippen LogP contribution < -0.4 is 20.3 Å². The van der Waals surface area contributed by atoms with E-state index in [-0.39, 0.29) is 12.0 Å². The van der Waals surface area contributed by atoms with Crippen LogP contribution in [0.4, 0.5) is 23.3 Å². The van der Waals surface area contributed by atoms with Crippen molar-refractivity contribution in [3.63, 3.8) is 0 Å². The highest BCUT2D eigenvalue weighted by Gasteiger charge is 2.26. The van der Waals surface area contributed by atoms with Gasteiger partial charge in [0.2, 0.25) is 17.8 Å².